The molecule has 2 aromatic carbocycles. The number of hydrogen-bond donors (Lipinski definition) is 1. The van der Waals surface area contributed by atoms with E-state index in [4.69, 9.17) is 0 Å². The number of thiazole rings is 1. The second kappa shape index (κ2) is 5.26. The van der Waals surface area contributed by atoms with Gasteiger partial charge in [0.2, 0.25) is 0 Å². The van der Waals surface area contributed by atoms with Gasteiger partial charge in [-0.3, -0.25) is 10.1 Å². The van der Waals surface area contributed by atoms with Crippen LogP contribution in [0.2, 0.25) is 0 Å². The van der Waals surface area contributed by atoms with Crippen LogP contribution in [0, 0.1) is 19.7 Å². The van der Waals surface area contributed by atoms with E-state index in [-0.39, 0.29) is 5.91 Å². The van der Waals surface area contributed by atoms with Gasteiger partial charge in [0.15, 0.2) is 5.13 Å². The third-order valence-corrected chi connectivity index (χ3v) is 4.14. The number of carbonyl (C=O) groups is 1. The Morgan fingerprint density at radius 1 is 1.19 bits per heavy atom. The summed E-state index contributed by atoms with van der Waals surface area (Å²) in [5.74, 6) is -0.770. The molecule has 0 aliphatic rings. The lowest BCUT2D eigenvalue weighted by Crippen LogP contribution is -2.13. The molecule has 106 valence electrons. The average molecular weight is 300 g/mol. The summed E-state index contributed by atoms with van der Waals surface area (Å²) in [5, 5.41) is 3.25. The van der Waals surface area contributed by atoms with Crippen LogP contribution in [0.25, 0.3) is 10.2 Å². The van der Waals surface area contributed by atoms with Crippen molar-refractivity contribution in [3.8, 4) is 0 Å². The zero-order valence-corrected chi connectivity index (χ0v) is 12.4. The first kappa shape index (κ1) is 13.7. The Balaban J connectivity index is 1.90. The summed E-state index contributed by atoms with van der Waals surface area (Å²) in [6, 6.07) is 10.1. The molecule has 21 heavy (non-hydrogen) atoms. The van der Waals surface area contributed by atoms with Crippen LogP contribution in [0.3, 0.4) is 0 Å². The second-order valence-electron chi connectivity index (χ2n) is 4.90. The number of amides is 1. The van der Waals surface area contributed by atoms with Gasteiger partial charge in [-0.25, -0.2) is 9.37 Å². The smallest absolute Gasteiger partial charge is 0.257 e. The third-order valence-electron chi connectivity index (χ3n) is 3.21. The Hall–Kier alpha value is -2.27. The number of carbonyl (C=O) groups excluding carboxylic acids is 1. The van der Waals surface area contributed by atoms with E-state index in [0.717, 1.165) is 21.3 Å². The fourth-order valence-electron chi connectivity index (χ4n) is 2.09. The maximum atomic E-state index is 13.3. The molecule has 3 aromatic rings. The third kappa shape index (κ3) is 2.78. The molecule has 0 unspecified atom stereocenters. The van der Waals surface area contributed by atoms with Gasteiger partial charge < -0.3 is 0 Å². The number of aromatic nitrogens is 1. The van der Waals surface area contributed by atoms with Crippen molar-refractivity contribution in [1.29, 1.82) is 0 Å². The molecule has 0 radical (unpaired) electrons. The molecule has 0 saturated carbocycles. The maximum absolute atomic E-state index is 13.3. The molecule has 0 saturated heterocycles. The predicted octanol–water partition coefficient (Wildman–Crippen LogP) is 4.30. The first-order valence-corrected chi connectivity index (χ1v) is 7.29. The Morgan fingerprint density at radius 3 is 2.81 bits per heavy atom. The molecule has 0 fully saturated rings. The Bertz CT molecular complexity index is 841. The van der Waals surface area contributed by atoms with Gasteiger partial charge in [0, 0.05) is 5.56 Å². The fourth-order valence-corrected chi connectivity index (χ4v) is 3.05. The number of hydrogen-bond acceptors (Lipinski definition) is 3. The zero-order chi connectivity index (χ0) is 15.0. The van der Waals surface area contributed by atoms with Gasteiger partial charge in [-0.05, 0) is 49.2 Å². The van der Waals surface area contributed by atoms with E-state index in [1.165, 1.54) is 23.5 Å². The molecular weight excluding hydrogens is 287 g/mol. The molecule has 0 spiro atoms. The Morgan fingerprint density at radius 2 is 2.00 bits per heavy atom. The lowest BCUT2D eigenvalue weighted by atomic mass is 10.1. The topological polar surface area (TPSA) is 42.0 Å². The highest BCUT2D eigenvalue weighted by atomic mass is 32.1. The van der Waals surface area contributed by atoms with E-state index in [1.54, 1.807) is 13.0 Å². The summed E-state index contributed by atoms with van der Waals surface area (Å²) >= 11 is 1.41. The summed E-state index contributed by atoms with van der Waals surface area (Å²) in [6.45, 7) is 3.78. The number of nitrogens with one attached hydrogen (secondary N) is 1. The van der Waals surface area contributed by atoms with Gasteiger partial charge in [-0.15, -0.1) is 0 Å². The number of nitrogens with zero attached hydrogens (tertiary/aromatic N) is 1. The van der Waals surface area contributed by atoms with Crippen molar-refractivity contribution >= 4 is 32.6 Å². The van der Waals surface area contributed by atoms with Crippen LogP contribution in [-0.2, 0) is 0 Å². The van der Waals surface area contributed by atoms with Crippen molar-refractivity contribution in [2.24, 2.45) is 0 Å². The first-order valence-electron chi connectivity index (χ1n) is 6.47. The molecule has 1 N–H and O–H groups in total. The highest BCUT2D eigenvalue weighted by Crippen LogP contribution is 2.27. The van der Waals surface area contributed by atoms with Gasteiger partial charge in [-0.2, -0.15) is 0 Å². The van der Waals surface area contributed by atoms with E-state index in [9.17, 15) is 9.18 Å². The molecule has 0 bridgehead atoms. The molecular formula is C16H13FN2OS. The molecule has 3 rings (SSSR count). The van der Waals surface area contributed by atoms with Crippen LogP contribution in [0.15, 0.2) is 36.4 Å². The van der Waals surface area contributed by atoms with Crippen LogP contribution in [0.1, 0.15) is 21.5 Å². The van der Waals surface area contributed by atoms with Gasteiger partial charge in [0.25, 0.3) is 5.91 Å². The Kier molecular flexibility index (Phi) is 3.43. The Labute approximate surface area is 125 Å². The van der Waals surface area contributed by atoms with Gasteiger partial charge in [0.05, 0.1) is 10.2 Å². The quantitative estimate of drug-likeness (QED) is 0.766. The summed E-state index contributed by atoms with van der Waals surface area (Å²) < 4.78 is 14.3. The van der Waals surface area contributed by atoms with Gasteiger partial charge in [-0.1, -0.05) is 23.5 Å². The summed E-state index contributed by atoms with van der Waals surface area (Å²) in [7, 11) is 0. The molecule has 1 aromatic heterocycles. The minimum absolute atomic E-state index is 0.324. The lowest BCUT2D eigenvalue weighted by molar-refractivity contribution is 0.102. The van der Waals surface area contributed by atoms with Crippen LogP contribution >= 0.6 is 11.3 Å². The predicted molar refractivity (Wildman–Crippen MR) is 83.4 cm³/mol. The van der Waals surface area contributed by atoms with Crippen molar-refractivity contribution in [2.45, 2.75) is 13.8 Å². The summed E-state index contributed by atoms with van der Waals surface area (Å²) in [6.07, 6.45) is 0. The van der Waals surface area contributed by atoms with Crippen molar-refractivity contribution in [3.05, 3.63) is 58.9 Å². The van der Waals surface area contributed by atoms with Crippen molar-refractivity contribution in [3.63, 3.8) is 0 Å². The minimum atomic E-state index is -0.425. The van der Waals surface area contributed by atoms with Gasteiger partial charge in [0.1, 0.15) is 5.82 Å². The number of fused-ring (bicyclic) bond motifs is 1. The van der Waals surface area contributed by atoms with Crippen molar-refractivity contribution in [2.75, 3.05) is 5.32 Å². The van der Waals surface area contributed by atoms with E-state index < -0.39 is 5.82 Å². The summed E-state index contributed by atoms with van der Waals surface area (Å²) in [4.78, 5) is 16.6. The highest BCUT2D eigenvalue weighted by Gasteiger charge is 2.13. The van der Waals surface area contributed by atoms with E-state index in [0.29, 0.717) is 10.7 Å². The van der Waals surface area contributed by atoms with E-state index >= 15 is 0 Å². The largest absolute Gasteiger partial charge is 0.298 e. The molecule has 0 aliphatic heterocycles. The number of rotatable bonds is 2. The van der Waals surface area contributed by atoms with Gasteiger partial charge >= 0.3 is 0 Å². The van der Waals surface area contributed by atoms with Crippen LogP contribution in [-0.4, -0.2) is 10.9 Å². The van der Waals surface area contributed by atoms with Crippen molar-refractivity contribution < 1.29 is 9.18 Å². The molecule has 1 heterocycles. The van der Waals surface area contributed by atoms with Crippen LogP contribution < -0.4 is 5.32 Å². The second-order valence-corrected chi connectivity index (χ2v) is 5.93. The zero-order valence-electron chi connectivity index (χ0n) is 11.6. The maximum Gasteiger partial charge on any atom is 0.257 e. The average Bonchev–Trinajstić information content (AvgIpc) is 2.82. The standard InChI is InChI=1S/C16H13FN2OS/c1-9-3-6-13-14(7-9)21-16(18-13)19-15(20)12-8-11(17)5-4-10(12)2/h3-8H,1-2H3,(H,18,19,20). The normalized spacial score (nSPS) is 10.8. The number of benzene rings is 2. The first-order chi connectivity index (χ1) is 10.0. The SMILES string of the molecule is Cc1ccc2nc(NC(=O)c3cc(F)ccc3C)sc2c1. The molecule has 5 heteroatoms. The molecule has 0 aliphatic carbocycles. The number of aryl methyl sites for hydroxylation is 2. The monoisotopic (exact) mass is 300 g/mol. The van der Waals surface area contributed by atoms with E-state index in [1.807, 2.05) is 25.1 Å². The fraction of sp³-hybridized carbons (Fsp3) is 0.125. The molecule has 0 atom stereocenters. The number of anilines is 1. The molecule has 1 amide bonds. The highest BCUT2D eigenvalue weighted by molar-refractivity contribution is 7.22. The summed E-state index contributed by atoms with van der Waals surface area (Å²) in [5.41, 5.74) is 3.04. The van der Waals surface area contributed by atoms with Crippen LogP contribution in [0.4, 0.5) is 9.52 Å². The van der Waals surface area contributed by atoms with Crippen molar-refractivity contribution in [1.82, 2.24) is 4.98 Å². The lowest BCUT2D eigenvalue weighted by Gasteiger charge is -2.05. The minimum Gasteiger partial charge on any atom is -0.298 e. The molecule has 3 nitrogen and oxygen atoms in total. The number of halogens is 1. The van der Waals surface area contributed by atoms with E-state index in [2.05, 4.69) is 10.3 Å². The van der Waals surface area contributed by atoms with Crippen LogP contribution in [0.5, 0.6) is 0 Å².